The van der Waals surface area contributed by atoms with Gasteiger partial charge in [-0.15, -0.1) is 0 Å². The number of anilines is 1. The lowest BCUT2D eigenvalue weighted by Gasteiger charge is -2.20. The van der Waals surface area contributed by atoms with Crippen LogP contribution in [0.2, 0.25) is 0 Å². The normalized spacial score (nSPS) is 12.6. The molecule has 0 aliphatic carbocycles. The highest BCUT2D eigenvalue weighted by Gasteiger charge is 2.13. The topological polar surface area (TPSA) is 49.5 Å². The Hall–Kier alpha value is -1.13. The predicted octanol–water partition coefficient (Wildman–Crippen LogP) is 1.27. The summed E-state index contributed by atoms with van der Waals surface area (Å²) in [6.07, 6.45) is -0.153. The van der Waals surface area contributed by atoms with Crippen molar-refractivity contribution in [1.82, 2.24) is 0 Å². The zero-order valence-electron chi connectivity index (χ0n) is 9.07. The first-order valence-electron chi connectivity index (χ1n) is 4.91. The summed E-state index contributed by atoms with van der Waals surface area (Å²) in [5, 5.41) is 9.81. The Kier molecular flexibility index (Phi) is 4.05. The number of halogens is 1. The molecule has 1 atom stereocenters. The zero-order valence-corrected chi connectivity index (χ0v) is 9.07. The summed E-state index contributed by atoms with van der Waals surface area (Å²) >= 11 is 0. The van der Waals surface area contributed by atoms with Crippen molar-refractivity contribution < 1.29 is 9.50 Å². The molecular weight excluding hydrogens is 195 g/mol. The second-order valence-corrected chi connectivity index (χ2v) is 3.69. The van der Waals surface area contributed by atoms with E-state index in [0.29, 0.717) is 24.2 Å². The van der Waals surface area contributed by atoms with E-state index in [0.717, 1.165) is 0 Å². The SMILES string of the molecule is CN(C)c1cc(F)ccc1[C@H](O)CCN. The van der Waals surface area contributed by atoms with Crippen LogP contribution in [0.1, 0.15) is 18.1 Å². The van der Waals surface area contributed by atoms with Gasteiger partial charge in [-0.2, -0.15) is 0 Å². The standard InChI is InChI=1S/C11H17FN2O/c1-14(2)10-7-8(12)3-4-9(10)11(15)5-6-13/h3-4,7,11,15H,5-6,13H2,1-2H3/t11-/m1/s1. The molecule has 0 aromatic heterocycles. The molecule has 0 bridgehead atoms. The van der Waals surface area contributed by atoms with Crippen LogP contribution in [0.5, 0.6) is 0 Å². The molecule has 3 nitrogen and oxygen atoms in total. The molecule has 0 aliphatic heterocycles. The summed E-state index contributed by atoms with van der Waals surface area (Å²) in [6, 6.07) is 4.36. The number of hydrogen-bond acceptors (Lipinski definition) is 3. The third kappa shape index (κ3) is 2.91. The third-order valence-electron chi connectivity index (χ3n) is 2.27. The van der Waals surface area contributed by atoms with Crippen LogP contribution in [0.25, 0.3) is 0 Å². The first-order valence-corrected chi connectivity index (χ1v) is 4.91. The maximum Gasteiger partial charge on any atom is 0.125 e. The minimum Gasteiger partial charge on any atom is -0.388 e. The van der Waals surface area contributed by atoms with Crippen molar-refractivity contribution in [2.24, 2.45) is 5.73 Å². The number of benzene rings is 1. The van der Waals surface area contributed by atoms with Gasteiger partial charge in [0.1, 0.15) is 5.82 Å². The molecule has 0 saturated carbocycles. The highest BCUT2D eigenvalue weighted by atomic mass is 19.1. The smallest absolute Gasteiger partial charge is 0.125 e. The van der Waals surface area contributed by atoms with E-state index in [1.54, 1.807) is 11.0 Å². The fraction of sp³-hybridized carbons (Fsp3) is 0.455. The molecule has 0 amide bonds. The molecule has 0 spiro atoms. The minimum atomic E-state index is -0.631. The molecule has 3 N–H and O–H groups in total. The van der Waals surface area contributed by atoms with Crippen LogP contribution in [-0.2, 0) is 0 Å². The van der Waals surface area contributed by atoms with Crippen LogP contribution in [0.3, 0.4) is 0 Å². The Morgan fingerprint density at radius 1 is 1.47 bits per heavy atom. The minimum absolute atomic E-state index is 0.303. The van der Waals surface area contributed by atoms with Crippen molar-refractivity contribution in [2.75, 3.05) is 25.5 Å². The summed E-state index contributed by atoms with van der Waals surface area (Å²) in [5.41, 5.74) is 6.78. The van der Waals surface area contributed by atoms with Gasteiger partial charge in [0.15, 0.2) is 0 Å². The van der Waals surface area contributed by atoms with E-state index in [4.69, 9.17) is 5.73 Å². The van der Waals surface area contributed by atoms with Crippen molar-refractivity contribution in [3.8, 4) is 0 Å². The lowest BCUT2D eigenvalue weighted by molar-refractivity contribution is 0.170. The summed E-state index contributed by atoms with van der Waals surface area (Å²) in [7, 11) is 3.63. The van der Waals surface area contributed by atoms with Crippen molar-refractivity contribution in [3.63, 3.8) is 0 Å². The van der Waals surface area contributed by atoms with Crippen LogP contribution in [0.15, 0.2) is 18.2 Å². The van der Waals surface area contributed by atoms with Crippen LogP contribution >= 0.6 is 0 Å². The van der Waals surface area contributed by atoms with E-state index in [-0.39, 0.29) is 5.82 Å². The van der Waals surface area contributed by atoms with Gasteiger partial charge in [-0.25, -0.2) is 4.39 Å². The van der Waals surface area contributed by atoms with Crippen LogP contribution < -0.4 is 10.6 Å². The summed E-state index contributed by atoms with van der Waals surface area (Å²) < 4.78 is 13.0. The van der Waals surface area contributed by atoms with Crippen molar-refractivity contribution in [3.05, 3.63) is 29.6 Å². The molecule has 15 heavy (non-hydrogen) atoms. The average molecular weight is 212 g/mol. The van der Waals surface area contributed by atoms with Crippen LogP contribution in [0.4, 0.5) is 10.1 Å². The number of aliphatic hydroxyl groups is 1. The van der Waals surface area contributed by atoms with E-state index >= 15 is 0 Å². The maximum atomic E-state index is 13.0. The average Bonchev–Trinajstić information content (AvgIpc) is 2.17. The number of aliphatic hydroxyl groups excluding tert-OH is 1. The third-order valence-corrected chi connectivity index (χ3v) is 2.27. The lowest BCUT2D eigenvalue weighted by Crippen LogP contribution is -2.15. The van der Waals surface area contributed by atoms with Gasteiger partial charge < -0.3 is 15.7 Å². The molecule has 0 fully saturated rings. The fourth-order valence-corrected chi connectivity index (χ4v) is 1.50. The lowest BCUT2D eigenvalue weighted by atomic mass is 10.0. The Morgan fingerprint density at radius 3 is 2.67 bits per heavy atom. The largest absolute Gasteiger partial charge is 0.388 e. The highest BCUT2D eigenvalue weighted by Crippen LogP contribution is 2.27. The van der Waals surface area contributed by atoms with E-state index in [1.807, 2.05) is 14.1 Å². The number of rotatable bonds is 4. The molecule has 0 radical (unpaired) electrons. The Balaban J connectivity index is 3.05. The van der Waals surface area contributed by atoms with Crippen molar-refractivity contribution in [2.45, 2.75) is 12.5 Å². The van der Waals surface area contributed by atoms with Gasteiger partial charge >= 0.3 is 0 Å². The van der Waals surface area contributed by atoms with Gasteiger partial charge in [0.25, 0.3) is 0 Å². The Labute approximate surface area is 89.3 Å². The fourth-order valence-electron chi connectivity index (χ4n) is 1.50. The van der Waals surface area contributed by atoms with Crippen molar-refractivity contribution >= 4 is 5.69 Å². The number of nitrogens with two attached hydrogens (primary N) is 1. The van der Waals surface area contributed by atoms with E-state index in [1.165, 1.54) is 12.1 Å². The molecule has 84 valence electrons. The molecule has 0 saturated heterocycles. The molecule has 0 unspecified atom stereocenters. The summed E-state index contributed by atoms with van der Waals surface area (Å²) in [6.45, 7) is 0.408. The van der Waals surface area contributed by atoms with Crippen LogP contribution in [-0.4, -0.2) is 25.7 Å². The second kappa shape index (κ2) is 5.09. The summed E-state index contributed by atoms with van der Waals surface area (Å²) in [5.74, 6) is -0.303. The molecule has 1 aromatic carbocycles. The Morgan fingerprint density at radius 2 is 2.13 bits per heavy atom. The summed E-state index contributed by atoms with van der Waals surface area (Å²) in [4.78, 5) is 1.78. The van der Waals surface area contributed by atoms with Gasteiger partial charge in [-0.05, 0) is 25.1 Å². The first kappa shape index (κ1) is 11.9. The van der Waals surface area contributed by atoms with Gasteiger partial charge in [0, 0.05) is 25.3 Å². The Bertz CT molecular complexity index is 328. The molecule has 1 rings (SSSR count). The molecular formula is C11H17FN2O. The molecule has 0 heterocycles. The molecule has 0 aliphatic rings. The van der Waals surface area contributed by atoms with E-state index < -0.39 is 6.10 Å². The van der Waals surface area contributed by atoms with E-state index in [2.05, 4.69) is 0 Å². The van der Waals surface area contributed by atoms with Gasteiger partial charge in [0.05, 0.1) is 6.10 Å². The first-order chi connectivity index (χ1) is 7.06. The van der Waals surface area contributed by atoms with Crippen molar-refractivity contribution in [1.29, 1.82) is 0 Å². The molecule has 4 heteroatoms. The predicted molar refractivity (Wildman–Crippen MR) is 59.4 cm³/mol. The highest BCUT2D eigenvalue weighted by molar-refractivity contribution is 5.53. The number of hydrogen-bond donors (Lipinski definition) is 2. The van der Waals surface area contributed by atoms with Gasteiger partial charge in [0.2, 0.25) is 0 Å². The maximum absolute atomic E-state index is 13.0. The molecule has 1 aromatic rings. The van der Waals surface area contributed by atoms with Gasteiger partial charge in [-0.3, -0.25) is 0 Å². The zero-order chi connectivity index (χ0) is 11.4. The number of nitrogens with zero attached hydrogens (tertiary/aromatic N) is 1. The quantitative estimate of drug-likeness (QED) is 0.790. The monoisotopic (exact) mass is 212 g/mol. The van der Waals surface area contributed by atoms with Gasteiger partial charge in [-0.1, -0.05) is 6.07 Å². The van der Waals surface area contributed by atoms with E-state index in [9.17, 15) is 9.50 Å². The second-order valence-electron chi connectivity index (χ2n) is 3.69. The van der Waals surface area contributed by atoms with Crippen LogP contribution in [0, 0.1) is 5.82 Å².